The van der Waals surface area contributed by atoms with Crippen molar-refractivity contribution in [3.8, 4) is 22.4 Å². The molecule has 0 saturated heterocycles. The highest BCUT2D eigenvalue weighted by molar-refractivity contribution is 5.70. The van der Waals surface area contributed by atoms with Crippen LogP contribution >= 0.6 is 0 Å². The third-order valence-corrected chi connectivity index (χ3v) is 4.25. The van der Waals surface area contributed by atoms with Crippen molar-refractivity contribution in [1.82, 2.24) is 29.7 Å². The number of pyridine rings is 1. The third kappa shape index (κ3) is 3.45. The molecule has 8 heteroatoms. The minimum absolute atomic E-state index is 0.263. The number of aromatic nitrogens is 6. The first kappa shape index (κ1) is 16.6. The highest BCUT2D eigenvalue weighted by atomic mass is 16.2. The lowest BCUT2D eigenvalue weighted by Gasteiger charge is -2.06. The van der Waals surface area contributed by atoms with Gasteiger partial charge in [0.05, 0.1) is 11.3 Å². The normalized spacial score (nSPS) is 10.9. The molecule has 134 valence electrons. The first-order chi connectivity index (χ1) is 13.1. The van der Waals surface area contributed by atoms with Crippen LogP contribution < -0.4 is 11.2 Å². The van der Waals surface area contributed by atoms with Gasteiger partial charge in [0.25, 0.3) is 5.56 Å². The molecule has 0 saturated carbocycles. The van der Waals surface area contributed by atoms with Gasteiger partial charge in [-0.1, -0.05) is 0 Å². The van der Waals surface area contributed by atoms with E-state index in [0.29, 0.717) is 5.69 Å². The Balaban J connectivity index is 1.70. The molecule has 2 N–H and O–H groups in total. The van der Waals surface area contributed by atoms with Crippen molar-refractivity contribution in [2.45, 2.75) is 13.5 Å². The van der Waals surface area contributed by atoms with Crippen molar-refractivity contribution in [2.24, 2.45) is 0 Å². The number of nitrogens with zero attached hydrogens (tertiary/aromatic N) is 4. The molecule has 0 radical (unpaired) electrons. The molecule has 27 heavy (non-hydrogen) atoms. The quantitative estimate of drug-likeness (QED) is 0.576. The second-order valence-electron chi connectivity index (χ2n) is 6.14. The molecule has 0 aliphatic rings. The number of aromatic amines is 2. The number of aryl methyl sites for hydroxylation is 1. The van der Waals surface area contributed by atoms with Crippen LogP contribution in [-0.4, -0.2) is 29.7 Å². The lowest BCUT2D eigenvalue weighted by atomic mass is 10.1. The molecule has 0 aliphatic heterocycles. The molecule has 4 heterocycles. The molecule has 0 atom stereocenters. The van der Waals surface area contributed by atoms with E-state index in [0.717, 1.165) is 28.9 Å². The largest absolute Gasteiger partial charge is 0.349 e. The minimum Gasteiger partial charge on any atom is -0.349 e. The van der Waals surface area contributed by atoms with Crippen LogP contribution in [0.3, 0.4) is 0 Å². The van der Waals surface area contributed by atoms with Crippen LogP contribution in [0.4, 0.5) is 0 Å². The van der Waals surface area contributed by atoms with Gasteiger partial charge in [0.2, 0.25) is 0 Å². The second kappa shape index (κ2) is 6.83. The zero-order chi connectivity index (χ0) is 18.8. The Hall–Kier alpha value is -3.81. The van der Waals surface area contributed by atoms with Gasteiger partial charge in [-0.2, -0.15) is 5.10 Å². The Kier molecular flexibility index (Phi) is 4.21. The summed E-state index contributed by atoms with van der Waals surface area (Å²) in [6.45, 7) is 2.59. The van der Waals surface area contributed by atoms with E-state index < -0.39 is 11.2 Å². The Morgan fingerprint density at radius 2 is 1.89 bits per heavy atom. The highest BCUT2D eigenvalue weighted by Gasteiger charge is 2.12. The van der Waals surface area contributed by atoms with E-state index >= 15 is 0 Å². The van der Waals surface area contributed by atoms with Crippen molar-refractivity contribution in [3.63, 3.8) is 0 Å². The van der Waals surface area contributed by atoms with Gasteiger partial charge in [0, 0.05) is 48.7 Å². The third-order valence-electron chi connectivity index (χ3n) is 4.25. The van der Waals surface area contributed by atoms with E-state index in [-0.39, 0.29) is 5.56 Å². The van der Waals surface area contributed by atoms with Crippen LogP contribution in [0, 0.1) is 6.92 Å². The number of hydrogen-bond acceptors (Lipinski definition) is 5. The number of H-pyrrole nitrogens is 2. The van der Waals surface area contributed by atoms with Gasteiger partial charge >= 0.3 is 5.69 Å². The Labute approximate surface area is 153 Å². The average molecular weight is 360 g/mol. The molecule has 0 bridgehead atoms. The fourth-order valence-electron chi connectivity index (χ4n) is 2.87. The fourth-order valence-corrected chi connectivity index (χ4v) is 2.87. The molecular formula is C19H16N6O2. The predicted octanol–water partition coefficient (Wildman–Crippen LogP) is 1.74. The zero-order valence-corrected chi connectivity index (χ0v) is 14.5. The molecule has 0 amide bonds. The number of nitrogens with one attached hydrogen (secondary N) is 2. The SMILES string of the molecule is Cc1nnc(-c2c[nH]c(=O)[nH]c2=O)cc1-c1ccn(Cc2ccncc2)c1. The Bertz CT molecular complexity index is 1210. The fraction of sp³-hybridized carbons (Fsp3) is 0.105. The summed E-state index contributed by atoms with van der Waals surface area (Å²) in [6, 6.07) is 7.74. The predicted molar refractivity (Wildman–Crippen MR) is 100 cm³/mol. The van der Waals surface area contributed by atoms with Crippen LogP contribution in [0.15, 0.2) is 64.8 Å². The van der Waals surface area contributed by atoms with E-state index in [1.807, 2.05) is 37.5 Å². The molecule has 0 aliphatic carbocycles. The van der Waals surface area contributed by atoms with Gasteiger partial charge < -0.3 is 9.55 Å². The Morgan fingerprint density at radius 3 is 2.67 bits per heavy atom. The van der Waals surface area contributed by atoms with E-state index in [1.165, 1.54) is 6.20 Å². The van der Waals surface area contributed by atoms with Crippen LogP contribution in [-0.2, 0) is 6.54 Å². The topological polar surface area (TPSA) is 109 Å². The van der Waals surface area contributed by atoms with Crippen molar-refractivity contribution in [2.75, 3.05) is 0 Å². The number of hydrogen-bond donors (Lipinski definition) is 2. The lowest BCUT2D eigenvalue weighted by molar-refractivity contribution is 0.805. The van der Waals surface area contributed by atoms with E-state index in [9.17, 15) is 9.59 Å². The molecule has 4 aromatic heterocycles. The minimum atomic E-state index is -0.558. The molecule has 4 rings (SSSR count). The molecule has 8 nitrogen and oxygen atoms in total. The monoisotopic (exact) mass is 360 g/mol. The van der Waals surface area contributed by atoms with E-state index in [2.05, 4.69) is 29.7 Å². The first-order valence-corrected chi connectivity index (χ1v) is 8.32. The summed E-state index contributed by atoms with van der Waals surface area (Å²) in [7, 11) is 0. The highest BCUT2D eigenvalue weighted by Crippen LogP contribution is 2.25. The van der Waals surface area contributed by atoms with Crippen molar-refractivity contribution in [3.05, 3.63) is 87.3 Å². The summed E-state index contributed by atoms with van der Waals surface area (Å²) in [5.41, 5.74) is 3.35. The van der Waals surface area contributed by atoms with E-state index in [1.54, 1.807) is 18.5 Å². The average Bonchev–Trinajstić information content (AvgIpc) is 3.11. The van der Waals surface area contributed by atoms with Gasteiger partial charge in [-0.15, -0.1) is 5.10 Å². The van der Waals surface area contributed by atoms with E-state index in [4.69, 9.17) is 0 Å². The van der Waals surface area contributed by atoms with Crippen molar-refractivity contribution >= 4 is 0 Å². The molecule has 4 aromatic rings. The number of rotatable bonds is 4. The summed E-state index contributed by atoms with van der Waals surface area (Å²) in [6.07, 6.45) is 8.89. The standard InChI is InChI=1S/C19H16N6O2/c1-12-15(8-17(24-23-12)16-9-21-19(27)22-18(16)26)14-4-7-25(11-14)10-13-2-5-20-6-3-13/h2-9,11H,10H2,1H3,(H2,21,22,26,27). The molecule has 0 aromatic carbocycles. The lowest BCUT2D eigenvalue weighted by Crippen LogP contribution is -2.22. The van der Waals surface area contributed by atoms with Crippen LogP contribution in [0.25, 0.3) is 22.4 Å². The summed E-state index contributed by atoms with van der Waals surface area (Å²) in [5, 5.41) is 8.27. The van der Waals surface area contributed by atoms with Crippen LogP contribution in [0.1, 0.15) is 11.3 Å². The molecule has 0 unspecified atom stereocenters. The smallest absolute Gasteiger partial charge is 0.325 e. The zero-order valence-electron chi connectivity index (χ0n) is 14.5. The maximum Gasteiger partial charge on any atom is 0.325 e. The maximum absolute atomic E-state index is 12.0. The van der Waals surface area contributed by atoms with Gasteiger partial charge in [-0.3, -0.25) is 14.8 Å². The van der Waals surface area contributed by atoms with Gasteiger partial charge in [-0.25, -0.2) is 4.79 Å². The first-order valence-electron chi connectivity index (χ1n) is 8.32. The molecule has 0 spiro atoms. The van der Waals surface area contributed by atoms with Crippen molar-refractivity contribution < 1.29 is 0 Å². The summed E-state index contributed by atoms with van der Waals surface area (Å²) in [4.78, 5) is 31.9. The van der Waals surface area contributed by atoms with Gasteiger partial charge in [-0.05, 0) is 36.8 Å². The van der Waals surface area contributed by atoms with Gasteiger partial charge in [0.1, 0.15) is 5.69 Å². The van der Waals surface area contributed by atoms with Crippen molar-refractivity contribution in [1.29, 1.82) is 0 Å². The molecule has 0 fully saturated rings. The van der Waals surface area contributed by atoms with Gasteiger partial charge in [0.15, 0.2) is 0 Å². The molecular weight excluding hydrogens is 344 g/mol. The van der Waals surface area contributed by atoms with Crippen LogP contribution in [0.2, 0.25) is 0 Å². The summed E-state index contributed by atoms with van der Waals surface area (Å²) >= 11 is 0. The van der Waals surface area contributed by atoms with Crippen LogP contribution in [0.5, 0.6) is 0 Å². The summed E-state index contributed by atoms with van der Waals surface area (Å²) < 4.78 is 2.07. The Morgan fingerprint density at radius 1 is 1.07 bits per heavy atom. The summed E-state index contributed by atoms with van der Waals surface area (Å²) in [5.74, 6) is 0. The maximum atomic E-state index is 12.0. The second-order valence-corrected chi connectivity index (χ2v) is 6.14.